The predicted octanol–water partition coefficient (Wildman–Crippen LogP) is 4.53. The van der Waals surface area contributed by atoms with E-state index in [9.17, 15) is 5.11 Å². The minimum Gasteiger partial charge on any atom is -0.384 e. The van der Waals surface area contributed by atoms with Crippen molar-refractivity contribution in [2.24, 2.45) is 10.3 Å². The molecule has 1 atom stereocenters. The molecule has 118 valence electrons. The van der Waals surface area contributed by atoms with Gasteiger partial charge >= 0.3 is 0 Å². The molecule has 0 aromatic heterocycles. The molecule has 23 heavy (non-hydrogen) atoms. The molecule has 0 radical (unpaired) electrons. The molecule has 2 aromatic carbocycles. The van der Waals surface area contributed by atoms with Crippen LogP contribution < -0.4 is 0 Å². The summed E-state index contributed by atoms with van der Waals surface area (Å²) in [6, 6.07) is 17.5. The summed E-state index contributed by atoms with van der Waals surface area (Å²) in [5, 5.41) is 21.0. The second-order valence-corrected chi connectivity index (χ2v) is 5.62. The summed E-state index contributed by atoms with van der Waals surface area (Å²) in [6.07, 6.45) is 5.33. The summed E-state index contributed by atoms with van der Waals surface area (Å²) < 4.78 is 0. The summed E-state index contributed by atoms with van der Waals surface area (Å²) in [5.74, 6) is 0. The van der Waals surface area contributed by atoms with Crippen molar-refractivity contribution in [1.82, 2.24) is 5.01 Å². The van der Waals surface area contributed by atoms with Crippen molar-refractivity contribution in [1.29, 1.82) is 0 Å². The summed E-state index contributed by atoms with van der Waals surface area (Å²) >= 11 is 0. The Kier molecular flexibility index (Phi) is 5.17. The summed E-state index contributed by atoms with van der Waals surface area (Å²) in [5.41, 5.74) is 2.54. The Morgan fingerprint density at radius 1 is 0.957 bits per heavy atom. The Morgan fingerprint density at radius 2 is 1.65 bits per heavy atom. The van der Waals surface area contributed by atoms with E-state index < -0.39 is 6.10 Å². The Bertz CT molecular complexity index is 676. The number of nitrogens with zero attached hydrogens (tertiary/aromatic N) is 3. The van der Waals surface area contributed by atoms with Gasteiger partial charge in [-0.1, -0.05) is 65.9 Å². The predicted molar refractivity (Wildman–Crippen MR) is 92.2 cm³/mol. The van der Waals surface area contributed by atoms with Crippen LogP contribution in [0.25, 0.3) is 6.08 Å². The first kappa shape index (κ1) is 15.4. The second kappa shape index (κ2) is 7.70. The number of aliphatic hydroxyl groups excluding tert-OH is 1. The number of hydrogen-bond donors (Lipinski definition) is 1. The molecule has 1 saturated heterocycles. The molecule has 1 unspecified atom stereocenters. The summed E-state index contributed by atoms with van der Waals surface area (Å²) in [4.78, 5) is 0. The third-order valence-electron chi connectivity index (χ3n) is 3.89. The molecule has 0 spiro atoms. The Morgan fingerprint density at radius 3 is 2.43 bits per heavy atom. The molecule has 3 rings (SSSR count). The van der Waals surface area contributed by atoms with Crippen LogP contribution in [0.2, 0.25) is 0 Å². The molecule has 1 fully saturated rings. The third-order valence-corrected chi connectivity index (χ3v) is 3.89. The maximum atomic E-state index is 10.5. The van der Waals surface area contributed by atoms with Gasteiger partial charge in [0.25, 0.3) is 0 Å². The van der Waals surface area contributed by atoms with Crippen molar-refractivity contribution in [3.05, 3.63) is 71.8 Å². The van der Waals surface area contributed by atoms with Crippen molar-refractivity contribution >= 4 is 11.8 Å². The maximum Gasteiger partial charge on any atom is 0.0996 e. The van der Waals surface area contributed by atoms with Gasteiger partial charge in [0.15, 0.2) is 0 Å². The molecule has 4 heteroatoms. The zero-order chi connectivity index (χ0) is 15.9. The van der Waals surface area contributed by atoms with Crippen LogP contribution >= 0.6 is 0 Å². The molecular formula is C19H21N3O. The van der Waals surface area contributed by atoms with Crippen LogP contribution in [0, 0.1) is 0 Å². The summed E-state index contributed by atoms with van der Waals surface area (Å²) in [7, 11) is 0. The number of benzene rings is 2. The fourth-order valence-electron chi connectivity index (χ4n) is 2.60. The number of rotatable bonds is 5. The third kappa shape index (κ3) is 4.27. The normalized spacial score (nSPS) is 16.5. The van der Waals surface area contributed by atoms with Gasteiger partial charge in [-0.15, -0.1) is 5.11 Å². The summed E-state index contributed by atoms with van der Waals surface area (Å²) in [6.45, 7) is 1.92. The minimum absolute atomic E-state index is 0.705. The van der Waals surface area contributed by atoms with E-state index in [1.54, 1.807) is 6.08 Å². The van der Waals surface area contributed by atoms with Crippen LogP contribution in [-0.2, 0) is 0 Å². The number of aliphatic hydroxyl groups is 1. The van der Waals surface area contributed by atoms with E-state index in [4.69, 9.17) is 0 Å². The van der Waals surface area contributed by atoms with Gasteiger partial charge < -0.3 is 5.11 Å². The van der Waals surface area contributed by atoms with Crippen LogP contribution in [0.1, 0.15) is 30.1 Å². The maximum absolute atomic E-state index is 10.5. The smallest absolute Gasteiger partial charge is 0.0996 e. The molecule has 0 saturated carbocycles. The van der Waals surface area contributed by atoms with Crippen LogP contribution in [0.5, 0.6) is 0 Å². The Balaban J connectivity index is 1.75. The van der Waals surface area contributed by atoms with Gasteiger partial charge in [-0.2, -0.15) is 0 Å². The van der Waals surface area contributed by atoms with Crippen molar-refractivity contribution in [3.63, 3.8) is 0 Å². The van der Waals surface area contributed by atoms with Gasteiger partial charge in [0.2, 0.25) is 0 Å². The zero-order valence-electron chi connectivity index (χ0n) is 13.0. The first-order valence-corrected chi connectivity index (χ1v) is 8.00. The second-order valence-electron chi connectivity index (χ2n) is 5.62. The van der Waals surface area contributed by atoms with Gasteiger partial charge in [-0.25, -0.2) is 0 Å². The highest BCUT2D eigenvalue weighted by Gasteiger charge is 2.11. The van der Waals surface area contributed by atoms with Crippen LogP contribution in [-0.4, -0.2) is 23.2 Å². The highest BCUT2D eigenvalue weighted by molar-refractivity contribution is 5.53. The fraction of sp³-hybridized carbons (Fsp3) is 0.263. The lowest BCUT2D eigenvalue weighted by molar-refractivity contribution is 0.230. The molecule has 2 aromatic rings. The van der Waals surface area contributed by atoms with Gasteiger partial charge in [0.1, 0.15) is 0 Å². The topological polar surface area (TPSA) is 48.2 Å². The fourth-order valence-corrected chi connectivity index (χ4v) is 2.60. The van der Waals surface area contributed by atoms with E-state index in [0.29, 0.717) is 5.69 Å². The molecule has 1 aliphatic heterocycles. The van der Waals surface area contributed by atoms with Crippen molar-refractivity contribution in [2.75, 3.05) is 13.1 Å². The highest BCUT2D eigenvalue weighted by Crippen LogP contribution is 2.27. The van der Waals surface area contributed by atoms with Crippen molar-refractivity contribution in [3.8, 4) is 0 Å². The van der Waals surface area contributed by atoms with Crippen LogP contribution in [0.3, 0.4) is 0 Å². The molecule has 4 nitrogen and oxygen atoms in total. The van der Waals surface area contributed by atoms with Gasteiger partial charge in [-0.05, 0) is 24.5 Å². The van der Waals surface area contributed by atoms with Gasteiger partial charge in [-0.3, -0.25) is 5.01 Å². The molecule has 0 amide bonds. The lowest BCUT2D eigenvalue weighted by Gasteiger charge is -2.11. The average molecular weight is 307 g/mol. The lowest BCUT2D eigenvalue weighted by Crippen LogP contribution is -2.09. The Hall–Kier alpha value is -2.46. The number of hydrogen-bond acceptors (Lipinski definition) is 3. The first-order chi connectivity index (χ1) is 11.3. The SMILES string of the molecule is OC(/C=C/c1ccccc1)c1ccccc1N=NN1CCCC1. The van der Waals surface area contributed by atoms with Crippen LogP contribution in [0.15, 0.2) is 71.0 Å². The van der Waals surface area contributed by atoms with E-state index >= 15 is 0 Å². The van der Waals surface area contributed by atoms with E-state index in [1.807, 2.05) is 65.7 Å². The average Bonchev–Trinajstić information content (AvgIpc) is 3.12. The Labute approximate surface area is 136 Å². The first-order valence-electron chi connectivity index (χ1n) is 8.00. The molecule has 1 N–H and O–H groups in total. The monoisotopic (exact) mass is 307 g/mol. The largest absolute Gasteiger partial charge is 0.384 e. The quantitative estimate of drug-likeness (QED) is 0.825. The highest BCUT2D eigenvalue weighted by atomic mass is 16.3. The molecular weight excluding hydrogens is 286 g/mol. The lowest BCUT2D eigenvalue weighted by atomic mass is 10.1. The van der Waals surface area contributed by atoms with Crippen molar-refractivity contribution < 1.29 is 5.11 Å². The molecule has 1 aliphatic rings. The zero-order valence-corrected chi connectivity index (χ0v) is 13.0. The van der Waals surface area contributed by atoms with E-state index in [1.165, 1.54) is 12.8 Å². The van der Waals surface area contributed by atoms with Gasteiger partial charge in [0.05, 0.1) is 11.8 Å². The van der Waals surface area contributed by atoms with Crippen LogP contribution in [0.4, 0.5) is 5.69 Å². The molecule has 1 heterocycles. The van der Waals surface area contributed by atoms with Crippen molar-refractivity contribution in [2.45, 2.75) is 18.9 Å². The standard InChI is InChI=1S/C19H21N3O/c23-19(13-12-16-8-2-1-3-9-16)17-10-4-5-11-18(17)20-21-22-14-6-7-15-22/h1-5,8-13,19,23H,6-7,14-15H2/b13-12+,21-20?. The van der Waals surface area contributed by atoms with Gasteiger partial charge in [0, 0.05) is 18.7 Å². The molecule has 0 aliphatic carbocycles. The molecule has 0 bridgehead atoms. The van der Waals surface area contributed by atoms with E-state index in [2.05, 4.69) is 10.3 Å². The van der Waals surface area contributed by atoms with E-state index in [-0.39, 0.29) is 0 Å². The van der Waals surface area contributed by atoms with E-state index in [0.717, 1.165) is 24.2 Å². The minimum atomic E-state index is -0.705.